The molecule has 0 rings (SSSR count). The van der Waals surface area contributed by atoms with Gasteiger partial charge < -0.3 is 0 Å². The molecule has 29 heavy (non-hydrogen) atoms. The molecule has 0 aromatic rings. The third-order valence-corrected chi connectivity index (χ3v) is 32.0. The van der Waals surface area contributed by atoms with Crippen LogP contribution in [-0.4, -0.2) is 62.4 Å². The smallest absolute Gasteiger partial charge is 0.0637 e. The predicted octanol–water partition coefficient (Wildman–Crippen LogP) is 9.38. The van der Waals surface area contributed by atoms with Crippen LogP contribution >= 0.6 is 46.4 Å². The molecule has 0 aliphatic rings. The summed E-state index contributed by atoms with van der Waals surface area (Å²) in [6.45, 7) is 19.8. The Labute approximate surface area is 208 Å². The van der Waals surface area contributed by atoms with Crippen molar-refractivity contribution in [1.29, 1.82) is 0 Å². The Morgan fingerprint density at radius 2 is 0.517 bits per heavy atom. The zero-order chi connectivity index (χ0) is 23.0. The molecule has 0 aliphatic carbocycles. The molecule has 9 heteroatoms. The molecule has 0 aromatic carbocycles. The van der Waals surface area contributed by atoms with Crippen molar-refractivity contribution in [1.82, 2.24) is 0 Å². The Balaban J connectivity index is 5.72. The van der Waals surface area contributed by atoms with E-state index in [1.165, 1.54) is 48.4 Å². The largest absolute Gasteiger partial charge is 0.130 e. The predicted molar refractivity (Wildman–Crippen MR) is 157 cm³/mol. The molecule has 0 saturated carbocycles. The van der Waals surface area contributed by atoms with Crippen LogP contribution in [-0.2, 0) is 0 Å². The standard InChI is InChI=1S/C20H48Cl4Si5/c1-25(2,17-21)9-13-29(14-10-26(3,4)18-22,15-11-27(5,6)19-23)16-12-28(7,8)20-24/h9-20H2,1-8H3. The van der Waals surface area contributed by atoms with Gasteiger partial charge in [-0.25, -0.2) is 0 Å². The first-order chi connectivity index (χ1) is 13.1. The maximum atomic E-state index is 6.38. The Morgan fingerprint density at radius 1 is 0.345 bits per heavy atom. The van der Waals surface area contributed by atoms with E-state index in [9.17, 15) is 0 Å². The van der Waals surface area contributed by atoms with Crippen LogP contribution in [0.5, 0.6) is 0 Å². The molecule has 0 aromatic heterocycles. The van der Waals surface area contributed by atoms with Crippen molar-refractivity contribution >= 4 is 86.8 Å². The van der Waals surface area contributed by atoms with Gasteiger partial charge in [0.25, 0.3) is 0 Å². The highest BCUT2D eigenvalue weighted by Crippen LogP contribution is 2.39. The molecule has 0 heterocycles. The highest BCUT2D eigenvalue weighted by atomic mass is 35.5. The summed E-state index contributed by atoms with van der Waals surface area (Å²) in [4.78, 5) is 0. The summed E-state index contributed by atoms with van der Waals surface area (Å²) in [6, 6.07) is 11.5. The second kappa shape index (κ2) is 13.2. The van der Waals surface area contributed by atoms with E-state index in [1.54, 1.807) is 0 Å². The number of halogens is 4. The molecule has 0 atom stereocenters. The summed E-state index contributed by atoms with van der Waals surface area (Å²) in [5.74, 6) is 0. The van der Waals surface area contributed by atoms with E-state index in [2.05, 4.69) is 52.4 Å². The number of alkyl halides is 4. The van der Waals surface area contributed by atoms with E-state index < -0.39 is 40.4 Å². The van der Waals surface area contributed by atoms with Gasteiger partial charge in [0.05, 0.1) is 40.4 Å². The minimum atomic E-state index is -1.40. The number of hydrogen-bond acceptors (Lipinski definition) is 0. The molecule has 0 N–H and O–H groups in total. The summed E-state index contributed by atoms with van der Waals surface area (Å²) < 4.78 is 0. The van der Waals surface area contributed by atoms with Crippen LogP contribution in [0.15, 0.2) is 0 Å². The summed E-state index contributed by atoms with van der Waals surface area (Å²) >= 11 is 25.5. The zero-order valence-corrected chi connectivity index (χ0v) is 28.5. The van der Waals surface area contributed by atoms with Gasteiger partial charge in [0.1, 0.15) is 0 Å². The average molecular weight is 571 g/mol. The molecule has 0 unspecified atom stereocenters. The van der Waals surface area contributed by atoms with Crippen LogP contribution < -0.4 is 0 Å². The van der Waals surface area contributed by atoms with Gasteiger partial charge in [-0.15, -0.1) is 46.4 Å². The third-order valence-electron chi connectivity index (χ3n) is 6.78. The first kappa shape index (κ1) is 31.2. The molecule has 0 nitrogen and oxygen atoms in total. The van der Waals surface area contributed by atoms with Crippen molar-refractivity contribution < 1.29 is 0 Å². The Bertz CT molecular complexity index is 384. The van der Waals surface area contributed by atoms with Gasteiger partial charge in [0, 0.05) is 22.0 Å². The van der Waals surface area contributed by atoms with Crippen molar-refractivity contribution in [2.75, 3.05) is 22.0 Å². The van der Waals surface area contributed by atoms with Gasteiger partial charge in [-0.3, -0.25) is 0 Å². The van der Waals surface area contributed by atoms with Gasteiger partial charge in [-0.1, -0.05) is 101 Å². The van der Waals surface area contributed by atoms with E-state index in [0.29, 0.717) is 0 Å². The quantitative estimate of drug-likeness (QED) is 0.128. The normalized spacial score (nSPS) is 14.5. The molecular formula is C20H48Cl4Si5. The zero-order valence-electron chi connectivity index (χ0n) is 20.5. The molecule has 0 aliphatic heterocycles. The van der Waals surface area contributed by atoms with Crippen LogP contribution in [0.2, 0.25) is 101 Å². The van der Waals surface area contributed by atoms with Gasteiger partial charge in [0.15, 0.2) is 0 Å². The Morgan fingerprint density at radius 3 is 0.655 bits per heavy atom. The van der Waals surface area contributed by atoms with Gasteiger partial charge in [-0.2, -0.15) is 0 Å². The van der Waals surface area contributed by atoms with E-state index in [1.807, 2.05) is 0 Å². The molecular weight excluding hydrogens is 522 g/mol. The fourth-order valence-electron chi connectivity index (χ4n) is 3.43. The monoisotopic (exact) mass is 568 g/mol. The summed E-state index contributed by atoms with van der Waals surface area (Å²) in [5.41, 5.74) is 3.57. The van der Waals surface area contributed by atoms with Crippen LogP contribution in [0.3, 0.4) is 0 Å². The number of hydrogen-bond donors (Lipinski definition) is 0. The highest BCUT2D eigenvalue weighted by Gasteiger charge is 2.39. The summed E-state index contributed by atoms with van der Waals surface area (Å²) in [7, 11) is -6.52. The lowest BCUT2D eigenvalue weighted by Crippen LogP contribution is -2.44. The van der Waals surface area contributed by atoms with E-state index >= 15 is 0 Å². The van der Waals surface area contributed by atoms with Gasteiger partial charge >= 0.3 is 0 Å². The van der Waals surface area contributed by atoms with Crippen molar-refractivity contribution in [3.8, 4) is 0 Å². The van der Waals surface area contributed by atoms with Crippen LogP contribution in [0.4, 0.5) is 0 Å². The lowest BCUT2D eigenvalue weighted by Gasteiger charge is -2.39. The first-order valence-corrected chi connectivity index (χ1v) is 29.9. The molecule has 0 amide bonds. The van der Waals surface area contributed by atoms with Crippen molar-refractivity contribution in [3.05, 3.63) is 0 Å². The van der Waals surface area contributed by atoms with Crippen molar-refractivity contribution in [2.24, 2.45) is 0 Å². The van der Waals surface area contributed by atoms with Gasteiger partial charge in [-0.05, 0) is 0 Å². The van der Waals surface area contributed by atoms with Crippen molar-refractivity contribution in [2.45, 2.75) is 101 Å². The maximum Gasteiger partial charge on any atom is 0.0637 e. The molecule has 0 fully saturated rings. The van der Waals surface area contributed by atoms with E-state index in [0.717, 1.165) is 22.0 Å². The third kappa shape index (κ3) is 13.5. The molecule has 0 saturated heterocycles. The van der Waals surface area contributed by atoms with E-state index in [4.69, 9.17) is 46.4 Å². The second-order valence-electron chi connectivity index (χ2n) is 12.7. The SMILES string of the molecule is C[Si](C)(CCl)CC[Si](CC[Si](C)(C)CCl)(CC[Si](C)(C)CCl)CC[Si](C)(C)CCl. The number of rotatable bonds is 16. The fraction of sp³-hybridized carbons (Fsp3) is 1.00. The lowest BCUT2D eigenvalue weighted by molar-refractivity contribution is 1.06. The van der Waals surface area contributed by atoms with Crippen LogP contribution in [0.25, 0.3) is 0 Å². The first-order valence-electron chi connectivity index (χ1n) is 11.3. The maximum absolute atomic E-state index is 6.38. The highest BCUT2D eigenvalue weighted by molar-refractivity contribution is 6.92. The Kier molecular flexibility index (Phi) is 14.2. The van der Waals surface area contributed by atoms with Crippen LogP contribution in [0.1, 0.15) is 0 Å². The van der Waals surface area contributed by atoms with E-state index in [-0.39, 0.29) is 0 Å². The van der Waals surface area contributed by atoms with Gasteiger partial charge in [0.2, 0.25) is 0 Å². The molecule has 176 valence electrons. The van der Waals surface area contributed by atoms with Crippen LogP contribution in [0, 0.1) is 0 Å². The second-order valence-corrected chi connectivity index (χ2v) is 41.3. The minimum absolute atomic E-state index is 0.892. The molecule has 0 spiro atoms. The Hall–Kier alpha value is 2.24. The fourth-order valence-corrected chi connectivity index (χ4v) is 26.4. The molecule has 0 bridgehead atoms. The summed E-state index contributed by atoms with van der Waals surface area (Å²) in [6.07, 6.45) is 0. The molecule has 0 radical (unpaired) electrons. The average Bonchev–Trinajstić information content (AvgIpc) is 2.67. The van der Waals surface area contributed by atoms with Crippen molar-refractivity contribution in [3.63, 3.8) is 0 Å². The minimum Gasteiger partial charge on any atom is -0.130 e. The summed E-state index contributed by atoms with van der Waals surface area (Å²) in [5, 5.41) is 0. The topological polar surface area (TPSA) is 0 Å². The lowest BCUT2D eigenvalue weighted by atomic mass is 10.9.